The quantitative estimate of drug-likeness (QED) is 0.691. The van der Waals surface area contributed by atoms with E-state index in [1.807, 2.05) is 13.8 Å². The normalized spacial score (nSPS) is 13.1. The van der Waals surface area contributed by atoms with Crippen LogP contribution in [0, 0.1) is 0 Å². The van der Waals surface area contributed by atoms with E-state index in [0.29, 0.717) is 0 Å². The van der Waals surface area contributed by atoms with Crippen LogP contribution < -0.4 is 5.73 Å². The van der Waals surface area contributed by atoms with Crippen molar-refractivity contribution >= 4 is 5.97 Å². The third kappa shape index (κ3) is 2.49. The van der Waals surface area contributed by atoms with E-state index in [-0.39, 0.29) is 18.3 Å². The lowest BCUT2D eigenvalue weighted by atomic mass is 10.2. The second-order valence-corrected chi connectivity index (χ2v) is 3.27. The van der Waals surface area contributed by atoms with Crippen molar-refractivity contribution < 1.29 is 9.90 Å². The Balaban J connectivity index is 2.71. The van der Waals surface area contributed by atoms with Crippen molar-refractivity contribution in [2.24, 2.45) is 5.73 Å². The number of aromatic nitrogens is 4. The summed E-state index contributed by atoms with van der Waals surface area (Å²) in [6.45, 7) is 3.79. The summed E-state index contributed by atoms with van der Waals surface area (Å²) in [5.74, 6) is -0.709. The molecule has 78 valence electrons. The van der Waals surface area contributed by atoms with E-state index in [9.17, 15) is 4.79 Å². The van der Waals surface area contributed by atoms with Crippen molar-refractivity contribution in [2.45, 2.75) is 32.4 Å². The van der Waals surface area contributed by atoms with E-state index in [4.69, 9.17) is 10.8 Å². The molecule has 0 aliphatic rings. The number of hydrogen-bond acceptors (Lipinski definition) is 5. The fourth-order valence-electron chi connectivity index (χ4n) is 0.883. The molecule has 0 aromatic carbocycles. The summed E-state index contributed by atoms with van der Waals surface area (Å²) in [5, 5.41) is 19.9. The molecular weight excluding hydrogens is 186 g/mol. The van der Waals surface area contributed by atoms with Crippen molar-refractivity contribution in [1.82, 2.24) is 20.2 Å². The molecular formula is C7H13N5O2. The molecule has 14 heavy (non-hydrogen) atoms. The van der Waals surface area contributed by atoms with Crippen LogP contribution in [0.1, 0.15) is 38.2 Å². The van der Waals surface area contributed by atoms with Crippen LogP contribution in [0.3, 0.4) is 0 Å². The predicted molar refractivity (Wildman–Crippen MR) is 47.4 cm³/mol. The lowest BCUT2D eigenvalue weighted by Crippen LogP contribution is -2.17. The number of carboxylic acid groups (broad SMARTS) is 1. The van der Waals surface area contributed by atoms with Gasteiger partial charge in [-0.05, 0) is 19.1 Å². The highest BCUT2D eigenvalue weighted by atomic mass is 16.4. The molecule has 7 heteroatoms. The molecule has 1 unspecified atom stereocenters. The van der Waals surface area contributed by atoms with E-state index in [1.165, 1.54) is 4.80 Å². The van der Waals surface area contributed by atoms with Gasteiger partial charge in [0.25, 0.3) is 0 Å². The maximum absolute atomic E-state index is 10.4. The number of carbonyl (C=O) groups is 1. The molecule has 0 amide bonds. The fraction of sp³-hybridized carbons (Fsp3) is 0.714. The van der Waals surface area contributed by atoms with Gasteiger partial charge in [0, 0.05) is 0 Å². The molecule has 0 radical (unpaired) electrons. The summed E-state index contributed by atoms with van der Waals surface area (Å²) in [6.07, 6.45) is -0.191. The van der Waals surface area contributed by atoms with Gasteiger partial charge in [0.15, 0.2) is 5.82 Å². The van der Waals surface area contributed by atoms with E-state index >= 15 is 0 Å². The maximum Gasteiger partial charge on any atom is 0.305 e. The molecule has 0 spiro atoms. The number of nitrogens with zero attached hydrogens (tertiary/aromatic N) is 4. The highest BCUT2D eigenvalue weighted by Gasteiger charge is 2.16. The van der Waals surface area contributed by atoms with Gasteiger partial charge in [0.2, 0.25) is 0 Å². The van der Waals surface area contributed by atoms with Gasteiger partial charge in [-0.3, -0.25) is 4.79 Å². The second-order valence-electron chi connectivity index (χ2n) is 3.27. The monoisotopic (exact) mass is 199 g/mol. The van der Waals surface area contributed by atoms with Crippen molar-refractivity contribution in [3.63, 3.8) is 0 Å². The molecule has 1 aromatic rings. The lowest BCUT2D eigenvalue weighted by molar-refractivity contribution is -0.137. The van der Waals surface area contributed by atoms with Gasteiger partial charge >= 0.3 is 5.97 Å². The predicted octanol–water partition coefficient (Wildman–Crippen LogP) is -0.271. The Bertz CT molecular complexity index is 322. The van der Waals surface area contributed by atoms with Gasteiger partial charge in [0.05, 0.1) is 18.5 Å². The number of aliphatic carboxylic acids is 1. The Morgan fingerprint density at radius 1 is 1.64 bits per heavy atom. The lowest BCUT2D eigenvalue weighted by Gasteiger charge is -2.02. The third-order valence-corrected chi connectivity index (χ3v) is 1.63. The average Bonchev–Trinajstić information content (AvgIpc) is 2.50. The Labute approximate surface area is 80.9 Å². The number of carboxylic acids is 1. The average molecular weight is 199 g/mol. The first kappa shape index (κ1) is 10.6. The number of hydrogen-bond donors (Lipinski definition) is 2. The van der Waals surface area contributed by atoms with Gasteiger partial charge in [0.1, 0.15) is 0 Å². The second kappa shape index (κ2) is 4.14. The summed E-state index contributed by atoms with van der Waals surface area (Å²) in [6, 6.07) is -0.603. The Kier molecular flexibility index (Phi) is 3.13. The van der Waals surface area contributed by atoms with Gasteiger partial charge in [-0.25, -0.2) is 0 Å². The zero-order valence-corrected chi connectivity index (χ0v) is 8.08. The molecule has 1 atom stereocenters. The van der Waals surface area contributed by atoms with Crippen LogP contribution in [0.25, 0.3) is 0 Å². The van der Waals surface area contributed by atoms with Crippen LogP contribution in [-0.2, 0) is 4.79 Å². The summed E-state index contributed by atoms with van der Waals surface area (Å²) in [7, 11) is 0. The van der Waals surface area contributed by atoms with Gasteiger partial charge in [-0.15, -0.1) is 10.2 Å². The van der Waals surface area contributed by atoms with Crippen molar-refractivity contribution in [3.8, 4) is 0 Å². The molecule has 1 heterocycles. The zero-order chi connectivity index (χ0) is 10.7. The van der Waals surface area contributed by atoms with Gasteiger partial charge < -0.3 is 10.8 Å². The molecule has 7 nitrogen and oxygen atoms in total. The third-order valence-electron chi connectivity index (χ3n) is 1.63. The molecule has 0 aliphatic carbocycles. The summed E-state index contributed by atoms with van der Waals surface area (Å²) in [5.41, 5.74) is 5.55. The first-order chi connectivity index (χ1) is 6.50. The first-order valence-corrected chi connectivity index (χ1v) is 4.27. The molecule has 0 saturated heterocycles. The smallest absolute Gasteiger partial charge is 0.305 e. The first-order valence-electron chi connectivity index (χ1n) is 4.27. The molecule has 0 fully saturated rings. The number of rotatable bonds is 4. The maximum atomic E-state index is 10.4. The number of tetrazole rings is 1. The van der Waals surface area contributed by atoms with Crippen LogP contribution in [0.5, 0.6) is 0 Å². The highest BCUT2D eigenvalue weighted by Crippen LogP contribution is 2.08. The standard InChI is InChI=1S/C7H13N5O2/c1-4(2)12-10-7(9-11-12)5(8)3-6(13)14/h4-5H,3,8H2,1-2H3,(H,13,14). The minimum absolute atomic E-state index is 0.0910. The van der Waals surface area contributed by atoms with Crippen molar-refractivity contribution in [1.29, 1.82) is 0 Å². The Morgan fingerprint density at radius 3 is 2.71 bits per heavy atom. The molecule has 1 rings (SSSR count). The van der Waals surface area contributed by atoms with E-state index in [2.05, 4.69) is 15.4 Å². The van der Waals surface area contributed by atoms with Crippen LogP contribution in [0.4, 0.5) is 0 Å². The van der Waals surface area contributed by atoms with Crippen LogP contribution in [0.2, 0.25) is 0 Å². The van der Waals surface area contributed by atoms with E-state index in [1.54, 1.807) is 0 Å². The minimum Gasteiger partial charge on any atom is -0.481 e. The largest absolute Gasteiger partial charge is 0.481 e. The highest BCUT2D eigenvalue weighted by molar-refractivity contribution is 5.67. The van der Waals surface area contributed by atoms with Gasteiger partial charge in [-0.2, -0.15) is 4.80 Å². The topological polar surface area (TPSA) is 107 Å². The number of nitrogens with two attached hydrogens (primary N) is 1. The van der Waals surface area contributed by atoms with Crippen LogP contribution in [-0.4, -0.2) is 31.3 Å². The molecule has 3 N–H and O–H groups in total. The van der Waals surface area contributed by atoms with Crippen LogP contribution in [0.15, 0.2) is 0 Å². The fourth-order valence-corrected chi connectivity index (χ4v) is 0.883. The summed E-state index contributed by atoms with van der Waals surface area (Å²) < 4.78 is 0. The minimum atomic E-state index is -0.974. The zero-order valence-electron chi connectivity index (χ0n) is 8.08. The summed E-state index contributed by atoms with van der Waals surface area (Å²) in [4.78, 5) is 11.8. The molecule has 0 aliphatic heterocycles. The van der Waals surface area contributed by atoms with Crippen LogP contribution >= 0.6 is 0 Å². The molecule has 0 saturated carbocycles. The SMILES string of the molecule is CC(C)n1nnc(C(N)CC(=O)O)n1. The van der Waals surface area contributed by atoms with Crippen molar-refractivity contribution in [3.05, 3.63) is 5.82 Å². The van der Waals surface area contributed by atoms with E-state index < -0.39 is 12.0 Å². The Hall–Kier alpha value is -1.50. The van der Waals surface area contributed by atoms with Gasteiger partial charge in [-0.1, -0.05) is 0 Å². The van der Waals surface area contributed by atoms with E-state index in [0.717, 1.165) is 0 Å². The Morgan fingerprint density at radius 2 is 2.29 bits per heavy atom. The summed E-state index contributed by atoms with van der Waals surface area (Å²) >= 11 is 0. The molecule has 1 aromatic heterocycles. The van der Waals surface area contributed by atoms with Crippen molar-refractivity contribution in [2.75, 3.05) is 0 Å². The molecule has 0 bridgehead atoms.